The minimum atomic E-state index is -2.97. The Balaban J connectivity index is -0.0000000800. The Morgan fingerprint density at radius 2 is 0.857 bits per heavy atom. The molecule has 0 aromatic carbocycles. The fourth-order valence-corrected chi connectivity index (χ4v) is 0. The van der Waals surface area contributed by atoms with Gasteiger partial charge in [-0.1, -0.05) is 0 Å². The summed E-state index contributed by atoms with van der Waals surface area (Å²) in [5.74, 6) is 0. The second kappa shape index (κ2) is 5.83. The van der Waals surface area contributed by atoms with Crippen LogP contribution in [0.15, 0.2) is 0 Å². The normalized spacial score (nSPS) is 10.9. The van der Waals surface area contributed by atoms with Crippen LogP contribution < -0.4 is 6.15 Å². The Morgan fingerprint density at radius 3 is 0.857 bits per heavy atom. The average Bonchev–Trinajstić information content (AvgIpc) is 0.722. The van der Waals surface area contributed by atoms with Crippen LogP contribution in [-0.2, 0) is 10.8 Å². The fourth-order valence-electron chi connectivity index (χ4n) is 0. The third-order valence-electron chi connectivity index (χ3n) is 0. The molecule has 0 spiro atoms. The number of hydrogen-bond donors (Lipinski definition) is 1. The zero-order valence-corrected chi connectivity index (χ0v) is 7.83. The second-order valence-corrected chi connectivity index (χ2v) is 16.1. The molecule has 0 heterocycles. The van der Waals surface area contributed by atoms with E-state index in [1.54, 1.807) is 0 Å². The first-order valence-corrected chi connectivity index (χ1v) is 9.49. The fraction of sp³-hybridized carbons (Fsp3) is 0. The van der Waals surface area contributed by atoms with Crippen LogP contribution in [0.2, 0.25) is 0 Å². The van der Waals surface area contributed by atoms with Gasteiger partial charge in [-0.3, -0.25) is 0 Å². The first kappa shape index (κ1) is 15.9. The molecular weight excluding hydrogens is 273 g/mol. The molecule has 0 rings (SSSR count). The molecule has 0 aliphatic rings. The molecule has 0 aromatic heterocycles. The molecule has 0 bridgehead atoms. The standard InChI is InChI=1S/4ClH.H3N.H2O.Ru/h4*1H;1H3;1H2;/q;;;;;;+4/p-4. The van der Waals surface area contributed by atoms with Crippen molar-refractivity contribution in [1.29, 1.82) is 0 Å². The summed E-state index contributed by atoms with van der Waals surface area (Å²) in [5, 5.41) is 0. The number of halogens is 4. The van der Waals surface area contributed by atoms with Gasteiger partial charge in [-0.25, -0.2) is 0 Å². The van der Waals surface area contributed by atoms with Crippen molar-refractivity contribution in [3.8, 4) is 0 Å². The Hall–Kier alpha value is 1.70. The van der Waals surface area contributed by atoms with Crippen LogP contribution in [0.5, 0.6) is 0 Å². The van der Waals surface area contributed by atoms with Gasteiger partial charge >= 0.3 is 49.6 Å². The van der Waals surface area contributed by atoms with E-state index in [9.17, 15) is 0 Å². The maximum atomic E-state index is 5.00. The SMILES string of the molecule is N.O.[Cl][Ru]([Cl])([Cl])[Cl]. The van der Waals surface area contributed by atoms with Crippen LogP contribution in [0.25, 0.3) is 0 Å². The summed E-state index contributed by atoms with van der Waals surface area (Å²) in [6, 6.07) is 0. The van der Waals surface area contributed by atoms with Gasteiger partial charge in [0.25, 0.3) is 0 Å². The monoisotopic (exact) mass is 277 g/mol. The van der Waals surface area contributed by atoms with E-state index < -0.39 is 10.8 Å². The zero-order valence-electron chi connectivity index (χ0n) is 3.07. The van der Waals surface area contributed by atoms with Crippen LogP contribution in [0, 0.1) is 0 Å². The van der Waals surface area contributed by atoms with Gasteiger partial charge in [0.1, 0.15) is 0 Å². The molecule has 0 aliphatic heterocycles. The third-order valence-corrected chi connectivity index (χ3v) is 0. The van der Waals surface area contributed by atoms with E-state index in [1.165, 1.54) is 0 Å². The Morgan fingerprint density at radius 1 is 0.857 bits per heavy atom. The molecule has 7 heteroatoms. The molecule has 52 valence electrons. The Bertz CT molecular complexity index is 27.2. The third kappa shape index (κ3) is 86.4. The predicted molar refractivity (Wildman–Crippen MR) is 32.0 cm³/mol. The van der Waals surface area contributed by atoms with E-state index in [-0.39, 0.29) is 11.6 Å². The first-order chi connectivity index (χ1) is 2.00. The summed E-state index contributed by atoms with van der Waals surface area (Å²) < 4.78 is 0. The van der Waals surface area contributed by atoms with Crippen LogP contribution in [-0.4, -0.2) is 5.48 Å². The Kier molecular flexibility index (Phi) is 13.2. The van der Waals surface area contributed by atoms with E-state index in [0.29, 0.717) is 0 Å². The molecule has 5 N–H and O–H groups in total. The van der Waals surface area contributed by atoms with Crippen LogP contribution in [0.3, 0.4) is 0 Å². The molecule has 0 saturated carbocycles. The quantitative estimate of drug-likeness (QED) is 0.677. The van der Waals surface area contributed by atoms with Crippen LogP contribution >= 0.6 is 38.8 Å². The molecule has 0 fully saturated rings. The van der Waals surface area contributed by atoms with Gasteiger partial charge in [0.15, 0.2) is 0 Å². The van der Waals surface area contributed by atoms with Crippen LogP contribution in [0.4, 0.5) is 0 Å². The van der Waals surface area contributed by atoms with Crippen molar-refractivity contribution in [3.63, 3.8) is 0 Å². The zero-order chi connectivity index (χ0) is 4.50. The van der Waals surface area contributed by atoms with Gasteiger partial charge in [-0.05, 0) is 0 Å². The molecule has 0 aliphatic carbocycles. The van der Waals surface area contributed by atoms with Crippen molar-refractivity contribution in [2.75, 3.05) is 0 Å². The molecule has 0 radical (unpaired) electrons. The molecule has 0 atom stereocenters. The van der Waals surface area contributed by atoms with E-state index in [4.69, 9.17) is 38.8 Å². The van der Waals surface area contributed by atoms with Gasteiger partial charge in [0.05, 0.1) is 0 Å². The molecule has 0 aromatic rings. The summed E-state index contributed by atoms with van der Waals surface area (Å²) in [7, 11) is 17.0. The molecule has 0 saturated heterocycles. The van der Waals surface area contributed by atoms with Gasteiger partial charge in [0.2, 0.25) is 0 Å². The maximum absolute atomic E-state index is 5.00. The van der Waals surface area contributed by atoms with Crippen molar-refractivity contribution in [2.24, 2.45) is 0 Å². The minimum absolute atomic E-state index is 0. The van der Waals surface area contributed by atoms with Crippen LogP contribution in [0.1, 0.15) is 0 Å². The predicted octanol–water partition coefficient (Wildman–Crippen LogP) is 2.09. The van der Waals surface area contributed by atoms with Crippen molar-refractivity contribution >= 4 is 38.8 Å². The van der Waals surface area contributed by atoms with E-state index >= 15 is 0 Å². The molecule has 0 amide bonds. The summed E-state index contributed by atoms with van der Waals surface area (Å²) in [6.45, 7) is 0. The van der Waals surface area contributed by atoms with E-state index in [0.717, 1.165) is 0 Å². The second-order valence-electron chi connectivity index (χ2n) is 0.303. The van der Waals surface area contributed by atoms with Gasteiger partial charge in [0, 0.05) is 0 Å². The van der Waals surface area contributed by atoms with Crippen molar-refractivity contribution in [1.82, 2.24) is 6.15 Å². The Labute approximate surface area is 61.0 Å². The number of hydrogen-bond acceptors (Lipinski definition) is 1. The van der Waals surface area contributed by atoms with Crippen molar-refractivity contribution in [2.45, 2.75) is 0 Å². The number of rotatable bonds is 0. The van der Waals surface area contributed by atoms with Gasteiger partial charge < -0.3 is 11.6 Å². The summed E-state index contributed by atoms with van der Waals surface area (Å²) >= 11 is 0. The van der Waals surface area contributed by atoms with E-state index in [1.807, 2.05) is 0 Å². The average molecular weight is 278 g/mol. The van der Waals surface area contributed by atoms with Gasteiger partial charge in [-0.2, -0.15) is 0 Å². The summed E-state index contributed by atoms with van der Waals surface area (Å²) in [5.41, 5.74) is 0. The molecule has 7 heavy (non-hydrogen) atoms. The summed E-state index contributed by atoms with van der Waals surface area (Å²) in [4.78, 5) is 0. The van der Waals surface area contributed by atoms with E-state index in [2.05, 4.69) is 0 Å². The van der Waals surface area contributed by atoms with Gasteiger partial charge in [-0.15, -0.1) is 0 Å². The first-order valence-electron chi connectivity index (χ1n) is 0.535. The molecule has 0 unspecified atom stereocenters. The topological polar surface area (TPSA) is 66.5 Å². The van der Waals surface area contributed by atoms with Crippen molar-refractivity contribution in [3.05, 3.63) is 0 Å². The van der Waals surface area contributed by atoms with Crippen molar-refractivity contribution < 1.29 is 16.3 Å². The molecular formula is H5Cl4NORu. The molecule has 2 nitrogen and oxygen atoms in total. The summed E-state index contributed by atoms with van der Waals surface area (Å²) in [6.07, 6.45) is 0.